The van der Waals surface area contributed by atoms with Crippen molar-refractivity contribution in [2.75, 3.05) is 11.9 Å². The summed E-state index contributed by atoms with van der Waals surface area (Å²) >= 11 is 1.79. The molecule has 2 aromatic rings. The largest absolute Gasteiger partial charge is 0.341 e. The van der Waals surface area contributed by atoms with Crippen LogP contribution in [0.4, 0.5) is 5.95 Å². The van der Waals surface area contributed by atoms with Crippen LogP contribution in [0.2, 0.25) is 0 Å². The molecule has 0 aromatic carbocycles. The van der Waals surface area contributed by atoms with Crippen LogP contribution in [0, 0.1) is 6.92 Å². The monoisotopic (exact) mass is 276 g/mol. The molecule has 0 bridgehead atoms. The van der Waals surface area contributed by atoms with Gasteiger partial charge in [0.2, 0.25) is 5.95 Å². The predicted octanol–water partition coefficient (Wildman–Crippen LogP) is 2.37. The number of nitrogens with zero attached hydrogens (tertiary/aromatic N) is 3. The summed E-state index contributed by atoms with van der Waals surface area (Å²) in [7, 11) is 2.04. The Kier molecular flexibility index (Phi) is 4.50. The summed E-state index contributed by atoms with van der Waals surface area (Å²) < 4.78 is 0. The van der Waals surface area contributed by atoms with Crippen LogP contribution < -0.4 is 10.6 Å². The smallest absolute Gasteiger partial charge is 0.225 e. The van der Waals surface area contributed by atoms with E-state index in [9.17, 15) is 0 Å². The first-order valence-corrected chi connectivity index (χ1v) is 7.28. The second-order valence-corrected chi connectivity index (χ2v) is 5.78. The molecule has 1 atom stereocenters. The minimum Gasteiger partial charge on any atom is -0.341 e. The molecule has 0 amide bonds. The highest BCUT2D eigenvalue weighted by Crippen LogP contribution is 2.17. The Hall–Kier alpha value is -1.46. The van der Waals surface area contributed by atoms with Crippen molar-refractivity contribution in [3.05, 3.63) is 39.8 Å². The number of rotatable bonds is 5. The van der Waals surface area contributed by atoms with E-state index in [-0.39, 0.29) is 0 Å². The average molecular weight is 276 g/mol. The Balaban J connectivity index is 2.14. The maximum absolute atomic E-state index is 5.67. The van der Waals surface area contributed by atoms with E-state index in [2.05, 4.69) is 39.3 Å². The molecular weight excluding hydrogens is 256 g/mol. The van der Waals surface area contributed by atoms with Crippen molar-refractivity contribution in [2.24, 2.45) is 5.73 Å². The lowest BCUT2D eigenvalue weighted by Crippen LogP contribution is -2.32. The number of hydrogen-bond donors (Lipinski definition) is 1. The first kappa shape index (κ1) is 14.0. The highest BCUT2D eigenvalue weighted by molar-refractivity contribution is 7.09. The molecule has 2 aromatic heterocycles. The molecule has 0 radical (unpaired) electrons. The van der Waals surface area contributed by atoms with Crippen LogP contribution in [0.15, 0.2) is 23.6 Å². The summed E-state index contributed by atoms with van der Waals surface area (Å²) in [5.74, 6) is 0.754. The second-order valence-electron chi connectivity index (χ2n) is 4.75. The van der Waals surface area contributed by atoms with Gasteiger partial charge in [-0.3, -0.25) is 0 Å². The van der Waals surface area contributed by atoms with Gasteiger partial charge in [-0.25, -0.2) is 9.97 Å². The van der Waals surface area contributed by atoms with Gasteiger partial charge in [0.15, 0.2) is 0 Å². The van der Waals surface area contributed by atoms with Crippen molar-refractivity contribution in [3.63, 3.8) is 0 Å². The first-order valence-electron chi connectivity index (χ1n) is 6.40. The molecule has 1 unspecified atom stereocenters. The molecule has 0 saturated heterocycles. The Morgan fingerprint density at radius 2 is 2.21 bits per heavy atom. The molecule has 2 N–H and O–H groups in total. The van der Waals surface area contributed by atoms with E-state index in [1.54, 1.807) is 11.3 Å². The van der Waals surface area contributed by atoms with Gasteiger partial charge in [0.1, 0.15) is 0 Å². The van der Waals surface area contributed by atoms with Crippen molar-refractivity contribution in [3.8, 4) is 0 Å². The van der Waals surface area contributed by atoms with E-state index in [0.717, 1.165) is 23.8 Å². The molecule has 5 heteroatoms. The van der Waals surface area contributed by atoms with Crippen LogP contribution in [0.5, 0.6) is 0 Å². The van der Waals surface area contributed by atoms with E-state index in [1.807, 2.05) is 20.0 Å². The third kappa shape index (κ3) is 3.52. The Bertz CT molecular complexity index is 524. The van der Waals surface area contributed by atoms with Gasteiger partial charge in [-0.1, -0.05) is 6.07 Å². The minimum atomic E-state index is 0.353. The fourth-order valence-electron chi connectivity index (χ4n) is 1.93. The maximum Gasteiger partial charge on any atom is 0.225 e. The molecule has 0 aliphatic heterocycles. The molecule has 0 aliphatic carbocycles. The van der Waals surface area contributed by atoms with Crippen LogP contribution in [0.25, 0.3) is 0 Å². The highest BCUT2D eigenvalue weighted by atomic mass is 32.1. The Morgan fingerprint density at radius 1 is 1.42 bits per heavy atom. The van der Waals surface area contributed by atoms with Crippen LogP contribution >= 0.6 is 11.3 Å². The van der Waals surface area contributed by atoms with Crippen molar-refractivity contribution in [2.45, 2.75) is 32.9 Å². The summed E-state index contributed by atoms with van der Waals surface area (Å²) in [4.78, 5) is 12.5. The molecular formula is C14H20N4S. The van der Waals surface area contributed by atoms with E-state index in [4.69, 9.17) is 5.73 Å². The van der Waals surface area contributed by atoms with Crippen molar-refractivity contribution < 1.29 is 0 Å². The third-order valence-corrected chi connectivity index (χ3v) is 4.06. The van der Waals surface area contributed by atoms with Gasteiger partial charge in [-0.15, -0.1) is 11.3 Å². The molecule has 102 valence electrons. The van der Waals surface area contributed by atoms with Crippen molar-refractivity contribution in [1.82, 2.24) is 9.97 Å². The number of likely N-dealkylation sites (N-methyl/N-ethyl adjacent to an activating group) is 1. The van der Waals surface area contributed by atoms with Crippen molar-refractivity contribution >= 4 is 17.3 Å². The molecule has 0 fully saturated rings. The lowest BCUT2D eigenvalue weighted by Gasteiger charge is -2.25. The van der Waals surface area contributed by atoms with Crippen LogP contribution in [0.3, 0.4) is 0 Å². The highest BCUT2D eigenvalue weighted by Gasteiger charge is 2.14. The summed E-state index contributed by atoms with van der Waals surface area (Å²) in [6, 6.07) is 6.53. The SMILES string of the molecule is Cc1cc(CN)nc(N(C)C(C)Cc2cccs2)n1. The van der Waals surface area contributed by atoms with E-state index in [1.165, 1.54) is 4.88 Å². The molecule has 4 nitrogen and oxygen atoms in total. The molecule has 2 heterocycles. The van der Waals surface area contributed by atoms with E-state index in [0.29, 0.717) is 12.6 Å². The number of aromatic nitrogens is 2. The maximum atomic E-state index is 5.67. The predicted molar refractivity (Wildman–Crippen MR) is 80.5 cm³/mol. The van der Waals surface area contributed by atoms with E-state index < -0.39 is 0 Å². The topological polar surface area (TPSA) is 55.0 Å². The molecule has 0 aliphatic rings. The molecule has 2 rings (SSSR count). The fraction of sp³-hybridized carbons (Fsp3) is 0.429. The van der Waals surface area contributed by atoms with Crippen molar-refractivity contribution in [1.29, 1.82) is 0 Å². The van der Waals surface area contributed by atoms with Gasteiger partial charge in [0.25, 0.3) is 0 Å². The fourth-order valence-corrected chi connectivity index (χ4v) is 2.76. The zero-order valence-corrected chi connectivity index (χ0v) is 12.4. The lowest BCUT2D eigenvalue weighted by atomic mass is 10.2. The van der Waals surface area contributed by atoms with Crippen LogP contribution in [-0.4, -0.2) is 23.1 Å². The van der Waals surface area contributed by atoms with Gasteiger partial charge in [0, 0.05) is 36.6 Å². The van der Waals surface area contributed by atoms with Gasteiger partial charge in [0.05, 0.1) is 5.69 Å². The van der Waals surface area contributed by atoms with Crippen LogP contribution in [0.1, 0.15) is 23.2 Å². The van der Waals surface area contributed by atoms with Gasteiger partial charge in [-0.2, -0.15) is 0 Å². The van der Waals surface area contributed by atoms with Gasteiger partial charge >= 0.3 is 0 Å². The average Bonchev–Trinajstić information content (AvgIpc) is 2.89. The second kappa shape index (κ2) is 6.12. The summed E-state index contributed by atoms with van der Waals surface area (Å²) in [6.07, 6.45) is 1.00. The number of anilines is 1. The minimum absolute atomic E-state index is 0.353. The third-order valence-electron chi connectivity index (χ3n) is 3.16. The molecule has 0 saturated carbocycles. The number of nitrogens with two attached hydrogens (primary N) is 1. The zero-order chi connectivity index (χ0) is 13.8. The van der Waals surface area contributed by atoms with E-state index >= 15 is 0 Å². The quantitative estimate of drug-likeness (QED) is 0.911. The Labute approximate surface area is 118 Å². The lowest BCUT2D eigenvalue weighted by molar-refractivity contribution is 0.666. The normalized spacial score (nSPS) is 12.4. The molecule has 0 spiro atoms. The summed E-state index contributed by atoms with van der Waals surface area (Å²) in [6.45, 7) is 4.61. The summed E-state index contributed by atoms with van der Waals surface area (Å²) in [5, 5.41) is 2.11. The van der Waals surface area contributed by atoms with Gasteiger partial charge < -0.3 is 10.6 Å². The van der Waals surface area contributed by atoms with Crippen LogP contribution in [-0.2, 0) is 13.0 Å². The zero-order valence-electron chi connectivity index (χ0n) is 11.6. The van der Waals surface area contributed by atoms with Gasteiger partial charge in [-0.05, 0) is 31.4 Å². The Morgan fingerprint density at radius 3 is 2.84 bits per heavy atom. The number of aryl methyl sites for hydroxylation is 1. The molecule has 19 heavy (non-hydrogen) atoms. The number of thiophene rings is 1. The summed E-state index contributed by atoms with van der Waals surface area (Å²) in [5.41, 5.74) is 7.51. The number of hydrogen-bond acceptors (Lipinski definition) is 5. The standard InChI is InChI=1S/C14H20N4S/c1-10-7-12(9-15)17-14(16-10)18(3)11(2)8-13-5-4-6-19-13/h4-7,11H,8-9,15H2,1-3H3. The first-order chi connectivity index (χ1) is 9.10.